The molecular formula is C14H17F2N3O. The maximum atomic E-state index is 13.7. The van der Waals surface area contributed by atoms with Gasteiger partial charge in [0.25, 0.3) is 5.91 Å². The minimum atomic E-state index is -0.951. The van der Waals surface area contributed by atoms with Crippen LogP contribution in [0, 0.1) is 28.9 Å². The van der Waals surface area contributed by atoms with Gasteiger partial charge in [-0.2, -0.15) is 5.26 Å². The monoisotopic (exact) mass is 281 g/mol. The smallest absolute Gasteiger partial charge is 0.256 e. The Hall–Kier alpha value is -2.16. The zero-order chi connectivity index (χ0) is 15.3. The second kappa shape index (κ2) is 6.85. The molecule has 2 N–H and O–H groups in total. The topological polar surface area (TPSA) is 70.1 Å². The standard InChI is InChI=1S/C14H17F2N3O/c1-9(2)8-19(5-3-4-17)14(20)10-6-13(18)12(16)7-11(10)15/h6-7,9H,3,5,8,18H2,1-2H3. The van der Waals surface area contributed by atoms with E-state index in [2.05, 4.69) is 0 Å². The summed E-state index contributed by atoms with van der Waals surface area (Å²) in [6.07, 6.45) is 0.150. The minimum absolute atomic E-state index is 0.150. The highest BCUT2D eigenvalue weighted by molar-refractivity contribution is 5.95. The van der Waals surface area contributed by atoms with E-state index in [1.54, 1.807) is 0 Å². The number of rotatable bonds is 5. The van der Waals surface area contributed by atoms with Crippen LogP contribution in [0.15, 0.2) is 12.1 Å². The van der Waals surface area contributed by atoms with Crippen molar-refractivity contribution in [3.8, 4) is 6.07 Å². The number of carbonyl (C=O) groups is 1. The van der Waals surface area contributed by atoms with Crippen LogP contribution in [0.4, 0.5) is 14.5 Å². The lowest BCUT2D eigenvalue weighted by Crippen LogP contribution is -2.35. The predicted octanol–water partition coefficient (Wildman–Crippen LogP) is 2.56. The van der Waals surface area contributed by atoms with Gasteiger partial charge in [-0.05, 0) is 12.0 Å². The van der Waals surface area contributed by atoms with Crippen LogP contribution >= 0.6 is 0 Å². The van der Waals surface area contributed by atoms with Gasteiger partial charge >= 0.3 is 0 Å². The molecule has 0 saturated carbocycles. The number of nitrogens with two attached hydrogens (primary N) is 1. The van der Waals surface area contributed by atoms with Crippen molar-refractivity contribution in [3.63, 3.8) is 0 Å². The number of carbonyl (C=O) groups excluding carboxylic acids is 1. The van der Waals surface area contributed by atoms with Crippen molar-refractivity contribution in [3.05, 3.63) is 29.3 Å². The quantitative estimate of drug-likeness (QED) is 0.843. The van der Waals surface area contributed by atoms with Gasteiger partial charge < -0.3 is 10.6 Å². The van der Waals surface area contributed by atoms with E-state index < -0.39 is 17.5 Å². The van der Waals surface area contributed by atoms with Crippen molar-refractivity contribution in [1.29, 1.82) is 5.26 Å². The van der Waals surface area contributed by atoms with Crippen LogP contribution in [0.25, 0.3) is 0 Å². The Morgan fingerprint density at radius 3 is 2.60 bits per heavy atom. The van der Waals surface area contributed by atoms with Gasteiger partial charge in [0, 0.05) is 19.2 Å². The second-order valence-electron chi connectivity index (χ2n) is 4.91. The number of hydrogen-bond donors (Lipinski definition) is 1. The third kappa shape index (κ3) is 3.92. The van der Waals surface area contributed by atoms with Gasteiger partial charge in [-0.1, -0.05) is 13.8 Å². The molecule has 6 heteroatoms. The summed E-state index contributed by atoms with van der Waals surface area (Å²) in [6.45, 7) is 4.39. The Morgan fingerprint density at radius 1 is 1.40 bits per heavy atom. The molecule has 0 atom stereocenters. The summed E-state index contributed by atoms with van der Waals surface area (Å²) in [7, 11) is 0. The molecule has 0 unspecified atom stereocenters. The van der Waals surface area contributed by atoms with Crippen LogP contribution in [0.3, 0.4) is 0 Å². The lowest BCUT2D eigenvalue weighted by atomic mass is 10.1. The molecule has 0 aliphatic heterocycles. The molecule has 0 aliphatic carbocycles. The zero-order valence-electron chi connectivity index (χ0n) is 11.5. The molecule has 108 valence electrons. The maximum absolute atomic E-state index is 13.7. The summed E-state index contributed by atoms with van der Waals surface area (Å²) in [5, 5.41) is 8.61. The molecule has 20 heavy (non-hydrogen) atoms. The van der Waals surface area contributed by atoms with Crippen molar-refractivity contribution in [2.45, 2.75) is 20.3 Å². The van der Waals surface area contributed by atoms with Gasteiger partial charge in [-0.15, -0.1) is 0 Å². The molecule has 0 aromatic heterocycles. The maximum Gasteiger partial charge on any atom is 0.256 e. The molecule has 0 fully saturated rings. The van der Waals surface area contributed by atoms with E-state index in [1.165, 1.54) is 4.90 Å². The summed E-state index contributed by atoms with van der Waals surface area (Å²) < 4.78 is 26.8. The zero-order valence-corrected chi connectivity index (χ0v) is 11.5. The van der Waals surface area contributed by atoms with Crippen molar-refractivity contribution < 1.29 is 13.6 Å². The summed E-state index contributed by atoms with van der Waals surface area (Å²) >= 11 is 0. The molecule has 0 spiro atoms. The molecular weight excluding hydrogens is 264 g/mol. The van der Waals surface area contributed by atoms with Crippen LogP contribution in [0.2, 0.25) is 0 Å². The number of benzene rings is 1. The van der Waals surface area contributed by atoms with E-state index >= 15 is 0 Å². The van der Waals surface area contributed by atoms with Crippen molar-refractivity contribution >= 4 is 11.6 Å². The first-order valence-electron chi connectivity index (χ1n) is 6.27. The molecule has 0 heterocycles. The van der Waals surface area contributed by atoms with Gasteiger partial charge in [0.2, 0.25) is 0 Å². The van der Waals surface area contributed by atoms with E-state index in [-0.39, 0.29) is 30.1 Å². The molecule has 1 aromatic rings. The lowest BCUT2D eigenvalue weighted by Gasteiger charge is -2.24. The van der Waals surface area contributed by atoms with Crippen LogP contribution in [-0.4, -0.2) is 23.9 Å². The average Bonchev–Trinajstić information content (AvgIpc) is 2.37. The first-order valence-corrected chi connectivity index (χ1v) is 6.27. The Labute approximate surface area is 116 Å². The third-order valence-electron chi connectivity index (χ3n) is 2.68. The van der Waals surface area contributed by atoms with Crippen molar-refractivity contribution in [1.82, 2.24) is 4.90 Å². The summed E-state index contributed by atoms with van der Waals surface area (Å²) in [6, 6.07) is 3.53. The fourth-order valence-electron chi connectivity index (χ4n) is 1.80. The Balaban J connectivity index is 3.05. The van der Waals surface area contributed by atoms with Crippen LogP contribution < -0.4 is 5.73 Å². The van der Waals surface area contributed by atoms with E-state index in [0.29, 0.717) is 12.6 Å². The summed E-state index contributed by atoms with van der Waals surface area (Å²) in [5.74, 6) is -2.27. The molecule has 0 aliphatic rings. The number of anilines is 1. The first-order chi connectivity index (χ1) is 9.36. The molecule has 1 amide bonds. The minimum Gasteiger partial charge on any atom is -0.396 e. The molecule has 4 nitrogen and oxygen atoms in total. The highest BCUT2D eigenvalue weighted by atomic mass is 19.1. The number of nitrogens with zero attached hydrogens (tertiary/aromatic N) is 2. The fourth-order valence-corrected chi connectivity index (χ4v) is 1.80. The first kappa shape index (κ1) is 15.9. The highest BCUT2D eigenvalue weighted by Gasteiger charge is 2.21. The molecule has 0 saturated heterocycles. The number of hydrogen-bond acceptors (Lipinski definition) is 3. The van der Waals surface area contributed by atoms with Gasteiger partial charge in [-0.3, -0.25) is 4.79 Å². The molecule has 0 radical (unpaired) electrons. The van der Waals surface area contributed by atoms with Crippen LogP contribution in [0.5, 0.6) is 0 Å². The lowest BCUT2D eigenvalue weighted by molar-refractivity contribution is 0.0735. The van der Waals surface area contributed by atoms with E-state index in [4.69, 9.17) is 11.0 Å². The van der Waals surface area contributed by atoms with Crippen molar-refractivity contribution in [2.24, 2.45) is 5.92 Å². The van der Waals surface area contributed by atoms with Gasteiger partial charge in [0.1, 0.15) is 11.6 Å². The molecule has 1 aromatic carbocycles. The van der Waals surface area contributed by atoms with Gasteiger partial charge in [0.15, 0.2) is 0 Å². The average molecular weight is 281 g/mol. The summed E-state index contributed by atoms with van der Waals surface area (Å²) in [5.41, 5.74) is 4.81. The molecule has 0 bridgehead atoms. The van der Waals surface area contributed by atoms with E-state index in [1.807, 2.05) is 19.9 Å². The number of amides is 1. The number of nitrogen functional groups attached to an aromatic ring is 1. The van der Waals surface area contributed by atoms with Crippen LogP contribution in [0.1, 0.15) is 30.6 Å². The van der Waals surface area contributed by atoms with Crippen LogP contribution in [-0.2, 0) is 0 Å². The Bertz CT molecular complexity index is 538. The Morgan fingerprint density at radius 2 is 2.05 bits per heavy atom. The normalized spacial score (nSPS) is 10.4. The SMILES string of the molecule is CC(C)CN(CCC#N)C(=O)c1cc(N)c(F)cc1F. The fraction of sp³-hybridized carbons (Fsp3) is 0.429. The van der Waals surface area contributed by atoms with E-state index in [0.717, 1.165) is 6.07 Å². The number of nitriles is 1. The predicted molar refractivity (Wildman–Crippen MR) is 71.7 cm³/mol. The highest BCUT2D eigenvalue weighted by Crippen LogP contribution is 2.19. The number of halogens is 2. The molecule has 1 rings (SSSR count). The van der Waals surface area contributed by atoms with Crippen molar-refractivity contribution in [2.75, 3.05) is 18.8 Å². The third-order valence-corrected chi connectivity index (χ3v) is 2.68. The van der Waals surface area contributed by atoms with E-state index in [9.17, 15) is 13.6 Å². The Kier molecular flexibility index (Phi) is 5.44. The largest absolute Gasteiger partial charge is 0.396 e. The summed E-state index contributed by atoms with van der Waals surface area (Å²) in [4.78, 5) is 13.6. The second-order valence-corrected chi connectivity index (χ2v) is 4.91. The van der Waals surface area contributed by atoms with Gasteiger partial charge in [-0.25, -0.2) is 8.78 Å². The van der Waals surface area contributed by atoms with Gasteiger partial charge in [0.05, 0.1) is 23.7 Å².